The number of amides is 2. The van der Waals surface area contributed by atoms with E-state index in [0.717, 1.165) is 25.8 Å². The number of anilines is 1. The number of aromatic nitrogens is 2. The number of hydrogen-bond acceptors (Lipinski definition) is 5. The minimum absolute atomic E-state index is 0.00861. The smallest absolute Gasteiger partial charge is 0.252 e. The molecule has 2 atom stereocenters. The molecule has 4 N–H and O–H groups in total. The largest absolute Gasteiger partial charge is 0.369 e. The Morgan fingerprint density at radius 1 is 1.27 bits per heavy atom. The van der Waals surface area contributed by atoms with Gasteiger partial charge in [0.2, 0.25) is 17.8 Å². The molecule has 1 saturated heterocycles. The Hall–Kier alpha value is -2.38. The fourth-order valence-corrected chi connectivity index (χ4v) is 4.12. The molecule has 140 valence electrons. The molecule has 0 aromatic carbocycles. The first kappa shape index (κ1) is 17.1. The Labute approximate surface area is 151 Å². The second-order valence-electron chi connectivity index (χ2n) is 7.85. The predicted octanol–water partition coefficient (Wildman–Crippen LogP) is 0.0479. The fraction of sp³-hybridized carbons (Fsp3) is 0.667. The molecule has 4 rings (SSSR count). The molecule has 1 aromatic heterocycles. The third-order valence-corrected chi connectivity index (χ3v) is 5.86. The number of rotatable bonds is 5. The Bertz CT molecular complexity index is 768. The van der Waals surface area contributed by atoms with Crippen LogP contribution in [0.1, 0.15) is 37.8 Å². The van der Waals surface area contributed by atoms with Crippen LogP contribution in [-0.2, 0) is 16.0 Å². The maximum atomic E-state index is 12.6. The molecule has 8 nitrogen and oxygen atoms in total. The van der Waals surface area contributed by atoms with Crippen LogP contribution in [-0.4, -0.2) is 45.8 Å². The van der Waals surface area contributed by atoms with Gasteiger partial charge in [-0.3, -0.25) is 19.4 Å². The Morgan fingerprint density at radius 3 is 2.65 bits per heavy atom. The molecule has 0 spiro atoms. The molecule has 3 aliphatic rings. The van der Waals surface area contributed by atoms with Crippen LogP contribution in [0, 0.1) is 17.8 Å². The maximum Gasteiger partial charge on any atom is 0.252 e. The highest BCUT2D eigenvalue weighted by Crippen LogP contribution is 2.42. The van der Waals surface area contributed by atoms with Crippen molar-refractivity contribution in [2.45, 2.75) is 44.6 Å². The number of hydrogen-bond donors (Lipinski definition) is 3. The highest BCUT2D eigenvalue weighted by Gasteiger charge is 2.45. The number of nitrogens with zero attached hydrogens (tertiary/aromatic N) is 2. The van der Waals surface area contributed by atoms with E-state index < -0.39 is 0 Å². The van der Waals surface area contributed by atoms with Crippen LogP contribution in [0.25, 0.3) is 0 Å². The van der Waals surface area contributed by atoms with Gasteiger partial charge in [-0.05, 0) is 31.6 Å². The molecule has 2 aliphatic carbocycles. The third-order valence-electron chi connectivity index (χ3n) is 5.86. The summed E-state index contributed by atoms with van der Waals surface area (Å²) in [5, 5.41) is 3.07. The van der Waals surface area contributed by atoms with E-state index in [1.807, 2.05) is 4.90 Å². The topological polar surface area (TPSA) is 121 Å². The van der Waals surface area contributed by atoms with Gasteiger partial charge in [-0.2, -0.15) is 0 Å². The van der Waals surface area contributed by atoms with E-state index in [0.29, 0.717) is 24.1 Å². The quantitative estimate of drug-likeness (QED) is 0.686. The van der Waals surface area contributed by atoms with Crippen molar-refractivity contribution in [2.24, 2.45) is 17.8 Å². The van der Waals surface area contributed by atoms with E-state index in [9.17, 15) is 14.4 Å². The third kappa shape index (κ3) is 3.59. The summed E-state index contributed by atoms with van der Waals surface area (Å²) in [5.41, 5.74) is 5.51. The highest BCUT2D eigenvalue weighted by atomic mass is 16.2. The van der Waals surface area contributed by atoms with Crippen molar-refractivity contribution in [1.82, 2.24) is 20.2 Å². The summed E-state index contributed by atoms with van der Waals surface area (Å²) < 4.78 is 0. The number of carbonyl (C=O) groups is 2. The molecule has 0 bridgehead atoms. The van der Waals surface area contributed by atoms with Crippen molar-refractivity contribution >= 4 is 17.8 Å². The van der Waals surface area contributed by atoms with Crippen molar-refractivity contribution in [3.05, 3.63) is 22.1 Å². The van der Waals surface area contributed by atoms with Crippen molar-refractivity contribution in [2.75, 3.05) is 18.8 Å². The zero-order valence-corrected chi connectivity index (χ0v) is 14.7. The molecule has 2 saturated carbocycles. The minimum Gasteiger partial charge on any atom is -0.369 e. The summed E-state index contributed by atoms with van der Waals surface area (Å²) in [7, 11) is 0. The summed E-state index contributed by atoms with van der Waals surface area (Å²) in [6.07, 6.45) is 5.50. The normalized spacial score (nSPS) is 25.8. The molecule has 2 heterocycles. The molecule has 2 amide bonds. The SMILES string of the molecule is Nc1nc(CC(=O)N[C@H]2CN(C(=O)C3CCC3)C[C@H]2C2CC2)cc(=O)[nH]1. The average molecular weight is 359 g/mol. The molecule has 0 unspecified atom stereocenters. The standard InChI is InChI=1S/C18H25N5O3/c19-18-20-12(7-16(25)22-18)6-15(24)21-14-9-23(8-13(14)10-4-5-10)17(26)11-2-1-3-11/h7,10-11,13-14H,1-6,8-9H2,(H,21,24)(H3,19,20,22,25)/t13-,14-/m0/s1. The second kappa shape index (κ2) is 6.74. The van der Waals surface area contributed by atoms with Gasteiger partial charge in [0.05, 0.1) is 18.2 Å². The Morgan fingerprint density at radius 2 is 2.04 bits per heavy atom. The molecular weight excluding hydrogens is 334 g/mol. The van der Waals surface area contributed by atoms with E-state index in [-0.39, 0.29) is 41.7 Å². The van der Waals surface area contributed by atoms with E-state index >= 15 is 0 Å². The predicted molar refractivity (Wildman–Crippen MR) is 95.0 cm³/mol. The van der Waals surface area contributed by atoms with Crippen LogP contribution in [0.15, 0.2) is 10.9 Å². The summed E-state index contributed by atoms with van der Waals surface area (Å²) in [4.78, 5) is 44.8. The second-order valence-corrected chi connectivity index (χ2v) is 7.85. The Kier molecular flexibility index (Phi) is 4.42. The van der Waals surface area contributed by atoms with Gasteiger partial charge in [-0.15, -0.1) is 0 Å². The lowest BCUT2D eigenvalue weighted by molar-refractivity contribution is -0.137. The number of nitrogens with two attached hydrogens (primary N) is 1. The molecular formula is C18H25N5O3. The summed E-state index contributed by atoms with van der Waals surface area (Å²) in [5.74, 6) is 1.20. The summed E-state index contributed by atoms with van der Waals surface area (Å²) in [6.45, 7) is 1.34. The van der Waals surface area contributed by atoms with Crippen molar-refractivity contribution in [3.8, 4) is 0 Å². The van der Waals surface area contributed by atoms with Gasteiger partial charge in [-0.1, -0.05) is 6.42 Å². The van der Waals surface area contributed by atoms with E-state index in [1.54, 1.807) is 0 Å². The van der Waals surface area contributed by atoms with Crippen LogP contribution in [0.2, 0.25) is 0 Å². The molecule has 8 heteroatoms. The van der Waals surface area contributed by atoms with E-state index in [4.69, 9.17) is 5.73 Å². The molecule has 26 heavy (non-hydrogen) atoms. The summed E-state index contributed by atoms with van der Waals surface area (Å²) >= 11 is 0. The monoisotopic (exact) mass is 359 g/mol. The zero-order valence-electron chi connectivity index (χ0n) is 14.7. The lowest BCUT2D eigenvalue weighted by Gasteiger charge is -2.29. The van der Waals surface area contributed by atoms with Crippen molar-refractivity contribution in [3.63, 3.8) is 0 Å². The number of carbonyl (C=O) groups excluding carboxylic acids is 2. The molecule has 1 aliphatic heterocycles. The fourth-order valence-electron chi connectivity index (χ4n) is 4.12. The number of nitrogens with one attached hydrogen (secondary N) is 2. The molecule has 1 aromatic rings. The maximum absolute atomic E-state index is 12.6. The van der Waals surface area contributed by atoms with Crippen LogP contribution >= 0.6 is 0 Å². The number of aromatic amines is 1. The lowest BCUT2D eigenvalue weighted by Crippen LogP contribution is -2.43. The number of nitrogen functional groups attached to an aromatic ring is 1. The average Bonchev–Trinajstić information content (AvgIpc) is 3.25. The van der Waals surface area contributed by atoms with Gasteiger partial charge in [0, 0.05) is 31.0 Å². The van der Waals surface area contributed by atoms with Crippen molar-refractivity contribution in [1.29, 1.82) is 0 Å². The lowest BCUT2D eigenvalue weighted by atomic mass is 9.84. The zero-order chi connectivity index (χ0) is 18.3. The van der Waals surface area contributed by atoms with E-state index in [2.05, 4.69) is 15.3 Å². The van der Waals surface area contributed by atoms with Gasteiger partial charge in [0.1, 0.15) is 0 Å². The first-order valence-corrected chi connectivity index (χ1v) is 9.43. The number of H-pyrrole nitrogens is 1. The highest BCUT2D eigenvalue weighted by molar-refractivity contribution is 5.81. The van der Waals surface area contributed by atoms with Crippen LogP contribution in [0.3, 0.4) is 0 Å². The first-order valence-electron chi connectivity index (χ1n) is 9.43. The van der Waals surface area contributed by atoms with Gasteiger partial charge >= 0.3 is 0 Å². The first-order chi connectivity index (χ1) is 12.5. The minimum atomic E-state index is -0.366. The van der Waals surface area contributed by atoms with Crippen LogP contribution < -0.4 is 16.6 Å². The van der Waals surface area contributed by atoms with Crippen LogP contribution in [0.4, 0.5) is 5.95 Å². The van der Waals surface area contributed by atoms with Gasteiger partial charge in [0.25, 0.3) is 5.56 Å². The van der Waals surface area contributed by atoms with Crippen LogP contribution in [0.5, 0.6) is 0 Å². The molecule has 3 fully saturated rings. The molecule has 0 radical (unpaired) electrons. The van der Waals surface area contributed by atoms with Gasteiger partial charge in [-0.25, -0.2) is 4.98 Å². The summed E-state index contributed by atoms with van der Waals surface area (Å²) in [6, 6.07) is 1.27. The van der Waals surface area contributed by atoms with E-state index in [1.165, 1.54) is 18.9 Å². The van der Waals surface area contributed by atoms with Gasteiger partial charge in [0.15, 0.2) is 0 Å². The number of likely N-dealkylation sites (tertiary alicyclic amines) is 1. The Balaban J connectivity index is 1.39. The van der Waals surface area contributed by atoms with Crippen molar-refractivity contribution < 1.29 is 9.59 Å². The van der Waals surface area contributed by atoms with Gasteiger partial charge < -0.3 is 16.0 Å².